The summed E-state index contributed by atoms with van der Waals surface area (Å²) < 4.78 is 35.1. The van der Waals surface area contributed by atoms with Gasteiger partial charge in [0.25, 0.3) is 5.01 Å². The van der Waals surface area contributed by atoms with Crippen LogP contribution < -0.4 is 9.47 Å². The maximum Gasteiger partial charge on any atom is 0.266 e. The van der Waals surface area contributed by atoms with Crippen LogP contribution in [0.2, 0.25) is 0 Å². The summed E-state index contributed by atoms with van der Waals surface area (Å²) in [4.78, 5) is 3.79. The van der Waals surface area contributed by atoms with Crippen molar-refractivity contribution in [2.75, 3.05) is 11.4 Å². The molecule has 0 radical (unpaired) electrons. The summed E-state index contributed by atoms with van der Waals surface area (Å²) in [6.07, 6.45) is 4.88. The quantitative estimate of drug-likeness (QED) is 0.186. The van der Waals surface area contributed by atoms with Gasteiger partial charge in [0.05, 0.1) is 15.6 Å². The van der Waals surface area contributed by atoms with Gasteiger partial charge in [-0.25, -0.2) is 8.42 Å². The Labute approximate surface area is 238 Å². The number of allylic oxidation sites excluding steroid dienone is 3. The molecule has 0 saturated heterocycles. The van der Waals surface area contributed by atoms with E-state index >= 15 is 0 Å². The van der Waals surface area contributed by atoms with Crippen LogP contribution in [0.25, 0.3) is 15.8 Å². The van der Waals surface area contributed by atoms with Crippen molar-refractivity contribution in [3.8, 4) is 0 Å². The Morgan fingerprint density at radius 2 is 1.69 bits per heavy atom. The Morgan fingerprint density at radius 1 is 0.949 bits per heavy atom. The van der Waals surface area contributed by atoms with E-state index in [1.165, 1.54) is 74.2 Å². The molecule has 0 amide bonds. The minimum absolute atomic E-state index is 0.178. The second-order valence-electron chi connectivity index (χ2n) is 10.1. The van der Waals surface area contributed by atoms with Crippen LogP contribution in [-0.2, 0) is 16.7 Å². The van der Waals surface area contributed by atoms with Crippen LogP contribution in [0.1, 0.15) is 43.2 Å². The molecule has 3 aromatic carbocycles. The smallest absolute Gasteiger partial charge is 0.266 e. The molecule has 0 spiro atoms. The number of aryl methyl sites for hydroxylation is 2. The lowest BCUT2D eigenvalue weighted by molar-refractivity contribution is -0.672. The van der Waals surface area contributed by atoms with Crippen molar-refractivity contribution in [3.63, 3.8) is 0 Å². The van der Waals surface area contributed by atoms with Gasteiger partial charge in [-0.15, -0.1) is 0 Å². The van der Waals surface area contributed by atoms with Gasteiger partial charge in [-0.1, -0.05) is 65.1 Å². The fraction of sp³-hybridized carbons (Fsp3) is 0.258. The summed E-state index contributed by atoms with van der Waals surface area (Å²) in [6, 6.07) is 23.5. The number of thiazole rings is 1. The molecule has 0 fully saturated rings. The zero-order valence-corrected chi connectivity index (χ0v) is 24.5. The number of hydrogen-bond donors (Lipinski definition) is 0. The van der Waals surface area contributed by atoms with E-state index in [4.69, 9.17) is 0 Å². The van der Waals surface area contributed by atoms with Crippen molar-refractivity contribution in [3.05, 3.63) is 99.5 Å². The van der Waals surface area contributed by atoms with Gasteiger partial charge in [-0.2, -0.15) is 4.57 Å². The highest BCUT2D eigenvalue weighted by atomic mass is 32.2. The summed E-state index contributed by atoms with van der Waals surface area (Å²) in [6.45, 7) is 6.49. The van der Waals surface area contributed by atoms with Crippen molar-refractivity contribution in [1.82, 2.24) is 0 Å². The maximum absolute atomic E-state index is 10.4. The summed E-state index contributed by atoms with van der Waals surface area (Å²) in [7, 11) is -4.27. The third-order valence-corrected chi connectivity index (χ3v) is 10.9. The lowest BCUT2D eigenvalue weighted by Crippen LogP contribution is -2.39. The zero-order valence-electron chi connectivity index (χ0n) is 22.0. The van der Waals surface area contributed by atoms with E-state index in [2.05, 4.69) is 64.9 Å². The van der Waals surface area contributed by atoms with Gasteiger partial charge in [-0.05, 0) is 74.6 Å². The fourth-order valence-electron chi connectivity index (χ4n) is 5.59. The number of fused-ring (bicyclic) bond motifs is 6. The molecule has 4 heterocycles. The molecule has 0 unspecified atom stereocenters. The standard InChI is InChI=1S/C24H23N2S2.C7H8O3S/c1-16(17-8-6-14-25-19-10-2-4-12-21(19)27-23(17)25)18-9-7-15-26-20-11-3-5-13-22(20)28-24(18)26;1-6-2-4-7(5-3-6)11(8,9)10/h2-5,10-13H,6-9,14-15H2,1H3;2-5H,1H3,(H,8,9,10)/q+1;/p-1. The summed E-state index contributed by atoms with van der Waals surface area (Å²) in [5.74, 6) is 0. The van der Waals surface area contributed by atoms with Gasteiger partial charge in [-0.3, -0.25) is 0 Å². The van der Waals surface area contributed by atoms with Gasteiger partial charge in [0.15, 0.2) is 6.54 Å². The molecule has 0 N–H and O–H groups in total. The molecule has 0 saturated carbocycles. The Balaban J connectivity index is 0.000000213. The topological polar surface area (TPSA) is 64.3 Å². The summed E-state index contributed by atoms with van der Waals surface area (Å²) in [5.41, 5.74) is 8.41. The number of aromatic nitrogens is 1. The first kappa shape index (κ1) is 26.3. The second-order valence-corrected chi connectivity index (χ2v) is 13.6. The van der Waals surface area contributed by atoms with Crippen LogP contribution in [-0.4, -0.2) is 19.5 Å². The van der Waals surface area contributed by atoms with Crippen LogP contribution in [0.5, 0.6) is 0 Å². The number of rotatable bonds is 2. The molecule has 3 aliphatic heterocycles. The monoisotopic (exact) mass is 574 g/mol. The number of benzene rings is 3. The molecule has 39 heavy (non-hydrogen) atoms. The predicted molar refractivity (Wildman–Crippen MR) is 159 cm³/mol. The molecular weight excluding hydrogens is 545 g/mol. The molecule has 0 atom stereocenters. The Bertz CT molecular complexity index is 1730. The molecule has 1 aromatic heterocycles. The molecule has 3 aliphatic rings. The molecule has 8 heteroatoms. The molecule has 7 rings (SSSR count). The van der Waals surface area contributed by atoms with Crippen molar-refractivity contribution >= 4 is 54.7 Å². The van der Waals surface area contributed by atoms with Crippen molar-refractivity contribution < 1.29 is 17.5 Å². The van der Waals surface area contributed by atoms with Crippen LogP contribution in [0.4, 0.5) is 5.69 Å². The first-order chi connectivity index (χ1) is 18.8. The first-order valence-electron chi connectivity index (χ1n) is 13.2. The third kappa shape index (κ3) is 5.07. The van der Waals surface area contributed by atoms with Gasteiger partial charge in [0.1, 0.15) is 14.8 Å². The van der Waals surface area contributed by atoms with Gasteiger partial charge in [0.2, 0.25) is 5.52 Å². The maximum atomic E-state index is 10.4. The van der Waals surface area contributed by atoms with Crippen LogP contribution in [0.15, 0.2) is 98.8 Å². The van der Waals surface area contributed by atoms with E-state index < -0.39 is 10.1 Å². The number of hydrogen-bond acceptors (Lipinski definition) is 6. The van der Waals surface area contributed by atoms with Gasteiger partial charge >= 0.3 is 0 Å². The van der Waals surface area contributed by atoms with E-state index in [1.807, 2.05) is 30.0 Å². The van der Waals surface area contributed by atoms with E-state index in [0.29, 0.717) is 0 Å². The van der Waals surface area contributed by atoms with Crippen molar-refractivity contribution in [1.29, 1.82) is 0 Å². The lowest BCUT2D eigenvalue weighted by Gasteiger charge is -2.29. The Morgan fingerprint density at radius 3 is 2.49 bits per heavy atom. The lowest BCUT2D eigenvalue weighted by atomic mass is 9.92. The normalized spacial score (nSPS) is 17.8. The van der Waals surface area contributed by atoms with E-state index in [-0.39, 0.29) is 4.90 Å². The minimum Gasteiger partial charge on any atom is -0.744 e. The highest BCUT2D eigenvalue weighted by molar-refractivity contribution is 8.03. The number of nitrogens with zero attached hydrogens (tertiary/aromatic N) is 2. The Hall–Kier alpha value is -2.91. The van der Waals surface area contributed by atoms with Gasteiger partial charge < -0.3 is 9.45 Å². The average Bonchev–Trinajstić information content (AvgIpc) is 3.51. The first-order valence-corrected chi connectivity index (χ1v) is 16.3. The van der Waals surface area contributed by atoms with Gasteiger partial charge in [0, 0.05) is 29.5 Å². The summed E-state index contributed by atoms with van der Waals surface area (Å²) in [5, 5.41) is 2.96. The van der Waals surface area contributed by atoms with Crippen molar-refractivity contribution in [2.45, 2.75) is 55.9 Å². The molecule has 4 aromatic rings. The average molecular weight is 575 g/mol. The molecule has 0 aliphatic carbocycles. The number of thioether (sulfide) groups is 1. The fourth-order valence-corrected chi connectivity index (χ4v) is 8.69. The SMILES string of the molecule is CC(C1=C2Sc3ccccc3N2CCC1)=C1CCC[n+]2c1sc1ccccc12.Cc1ccc(S(=O)(=O)[O-])cc1. The van der Waals surface area contributed by atoms with Crippen LogP contribution >= 0.6 is 23.1 Å². The Kier molecular flexibility index (Phi) is 7.14. The summed E-state index contributed by atoms with van der Waals surface area (Å²) >= 11 is 3.95. The van der Waals surface area contributed by atoms with E-state index in [0.717, 1.165) is 18.7 Å². The second kappa shape index (κ2) is 10.6. The highest BCUT2D eigenvalue weighted by Gasteiger charge is 2.34. The minimum atomic E-state index is -4.27. The van der Waals surface area contributed by atoms with Crippen LogP contribution in [0, 0.1) is 6.92 Å². The highest BCUT2D eigenvalue weighted by Crippen LogP contribution is 2.51. The van der Waals surface area contributed by atoms with Crippen molar-refractivity contribution in [2.24, 2.45) is 0 Å². The molecule has 200 valence electrons. The number of anilines is 1. The van der Waals surface area contributed by atoms with E-state index in [9.17, 15) is 13.0 Å². The molecular formula is C31H30N2O3S3. The zero-order chi connectivity index (χ0) is 27.1. The van der Waals surface area contributed by atoms with E-state index in [1.54, 1.807) is 23.3 Å². The largest absolute Gasteiger partial charge is 0.744 e. The molecule has 5 nitrogen and oxygen atoms in total. The third-order valence-electron chi connectivity index (χ3n) is 7.56. The molecule has 0 bridgehead atoms. The number of para-hydroxylation sites is 2. The van der Waals surface area contributed by atoms with Crippen LogP contribution in [0.3, 0.4) is 0 Å². The predicted octanol–water partition coefficient (Wildman–Crippen LogP) is 7.27.